The lowest BCUT2D eigenvalue weighted by atomic mass is 9.90. The van der Waals surface area contributed by atoms with Crippen LogP contribution >= 0.6 is 0 Å². The SMILES string of the molecule is C/C=C(\Cc1cccc(F)c1F)c1ccc(C)cc1-c1ccc(C(F)(F)F)nc1. The second-order valence-corrected chi connectivity index (χ2v) is 6.68. The van der Waals surface area contributed by atoms with E-state index in [1.807, 2.05) is 25.1 Å². The monoisotopic (exact) mass is 403 g/mol. The number of aromatic nitrogens is 1. The maximum absolute atomic E-state index is 14.1. The lowest BCUT2D eigenvalue weighted by molar-refractivity contribution is -0.141. The molecule has 0 aliphatic rings. The summed E-state index contributed by atoms with van der Waals surface area (Å²) in [4.78, 5) is 3.54. The number of rotatable bonds is 4. The van der Waals surface area contributed by atoms with Crippen LogP contribution in [0.25, 0.3) is 16.7 Å². The summed E-state index contributed by atoms with van der Waals surface area (Å²) in [5.74, 6) is -1.83. The Kier molecular flexibility index (Phi) is 5.82. The fourth-order valence-corrected chi connectivity index (χ4v) is 3.14. The van der Waals surface area contributed by atoms with Crippen molar-refractivity contribution in [2.24, 2.45) is 0 Å². The summed E-state index contributed by atoms with van der Waals surface area (Å²) in [5, 5.41) is 0. The van der Waals surface area contributed by atoms with Gasteiger partial charge in [-0.15, -0.1) is 0 Å². The van der Waals surface area contributed by atoms with Crippen LogP contribution < -0.4 is 0 Å². The van der Waals surface area contributed by atoms with Crippen molar-refractivity contribution in [2.75, 3.05) is 0 Å². The number of benzene rings is 2. The van der Waals surface area contributed by atoms with Crippen LogP contribution in [-0.2, 0) is 12.6 Å². The maximum Gasteiger partial charge on any atom is 0.433 e. The van der Waals surface area contributed by atoms with Crippen molar-refractivity contribution < 1.29 is 22.0 Å². The minimum absolute atomic E-state index is 0.143. The Balaban J connectivity index is 2.05. The van der Waals surface area contributed by atoms with Gasteiger partial charge in [0, 0.05) is 18.2 Å². The summed E-state index contributed by atoms with van der Waals surface area (Å²) in [6.45, 7) is 3.65. The maximum atomic E-state index is 14.1. The number of allylic oxidation sites excluding steroid dienone is 2. The standard InChI is InChI=1S/C23H18F5N/c1-3-15(12-16-5-4-6-20(24)22(16)25)18-9-7-14(2)11-19(18)17-8-10-21(29-13-17)23(26,27)28/h3-11,13H,12H2,1-2H3/b15-3+. The fourth-order valence-electron chi connectivity index (χ4n) is 3.14. The van der Waals surface area contributed by atoms with Crippen LogP contribution in [0.4, 0.5) is 22.0 Å². The van der Waals surface area contributed by atoms with Crippen LogP contribution in [-0.4, -0.2) is 4.98 Å². The van der Waals surface area contributed by atoms with Crippen molar-refractivity contribution >= 4 is 5.57 Å². The predicted octanol–water partition coefficient (Wildman–Crippen LogP) is 7.00. The third-order valence-corrected chi connectivity index (χ3v) is 4.65. The first-order valence-corrected chi connectivity index (χ1v) is 8.93. The van der Waals surface area contributed by atoms with Gasteiger partial charge in [-0.2, -0.15) is 13.2 Å². The highest BCUT2D eigenvalue weighted by molar-refractivity contribution is 5.82. The smallest absolute Gasteiger partial charge is 0.251 e. The molecule has 1 aromatic heterocycles. The first-order chi connectivity index (χ1) is 13.7. The van der Waals surface area contributed by atoms with E-state index in [-0.39, 0.29) is 12.0 Å². The van der Waals surface area contributed by atoms with Gasteiger partial charge in [-0.1, -0.05) is 48.0 Å². The Hall–Kier alpha value is -3.02. The summed E-state index contributed by atoms with van der Waals surface area (Å²) < 4.78 is 66.2. The normalized spacial score (nSPS) is 12.3. The molecule has 0 aliphatic heterocycles. The Bertz CT molecular complexity index is 1050. The first-order valence-electron chi connectivity index (χ1n) is 8.93. The van der Waals surface area contributed by atoms with Gasteiger partial charge in [0.15, 0.2) is 11.6 Å². The summed E-state index contributed by atoms with van der Waals surface area (Å²) in [6, 6.07) is 11.8. The summed E-state index contributed by atoms with van der Waals surface area (Å²) in [6.07, 6.45) is -1.41. The molecule has 29 heavy (non-hydrogen) atoms. The number of alkyl halides is 3. The molecule has 3 rings (SSSR count). The third kappa shape index (κ3) is 4.53. The lowest BCUT2D eigenvalue weighted by Gasteiger charge is -2.15. The molecule has 1 heterocycles. The van der Waals surface area contributed by atoms with Crippen LogP contribution in [0.1, 0.15) is 29.3 Å². The van der Waals surface area contributed by atoms with Gasteiger partial charge >= 0.3 is 6.18 Å². The highest BCUT2D eigenvalue weighted by Gasteiger charge is 2.32. The molecule has 0 spiro atoms. The molecule has 0 aliphatic carbocycles. The Morgan fingerprint density at radius 3 is 2.41 bits per heavy atom. The van der Waals surface area contributed by atoms with Crippen LogP contribution in [0.15, 0.2) is 60.8 Å². The molecule has 0 saturated heterocycles. The van der Waals surface area contributed by atoms with E-state index < -0.39 is 23.5 Å². The van der Waals surface area contributed by atoms with Gasteiger partial charge in [0.1, 0.15) is 5.69 Å². The molecule has 0 radical (unpaired) electrons. The van der Waals surface area contributed by atoms with Crippen molar-refractivity contribution in [2.45, 2.75) is 26.4 Å². The highest BCUT2D eigenvalue weighted by atomic mass is 19.4. The molecule has 1 nitrogen and oxygen atoms in total. The van der Waals surface area contributed by atoms with Gasteiger partial charge in [-0.25, -0.2) is 8.78 Å². The molecule has 0 atom stereocenters. The molecule has 0 amide bonds. The Morgan fingerprint density at radius 2 is 1.79 bits per heavy atom. The van der Waals surface area contributed by atoms with E-state index in [1.165, 1.54) is 24.4 Å². The molecule has 2 aromatic carbocycles. The van der Waals surface area contributed by atoms with Crippen molar-refractivity contribution in [3.63, 3.8) is 0 Å². The lowest BCUT2D eigenvalue weighted by Crippen LogP contribution is -2.07. The zero-order valence-corrected chi connectivity index (χ0v) is 15.8. The number of halogens is 5. The molecular weight excluding hydrogens is 385 g/mol. The second kappa shape index (κ2) is 8.15. The fraction of sp³-hybridized carbons (Fsp3) is 0.174. The minimum Gasteiger partial charge on any atom is -0.251 e. The molecular formula is C23H18F5N. The molecule has 0 saturated carbocycles. The van der Waals surface area contributed by atoms with E-state index in [4.69, 9.17) is 0 Å². The van der Waals surface area contributed by atoms with Crippen molar-refractivity contribution in [1.82, 2.24) is 4.98 Å². The van der Waals surface area contributed by atoms with E-state index in [0.29, 0.717) is 11.1 Å². The molecule has 150 valence electrons. The Morgan fingerprint density at radius 1 is 1.03 bits per heavy atom. The van der Waals surface area contributed by atoms with E-state index in [1.54, 1.807) is 13.0 Å². The van der Waals surface area contributed by atoms with Gasteiger partial charge in [0.25, 0.3) is 0 Å². The number of hydrogen-bond acceptors (Lipinski definition) is 1. The van der Waals surface area contributed by atoms with Gasteiger partial charge in [0.05, 0.1) is 0 Å². The molecule has 3 aromatic rings. The van der Waals surface area contributed by atoms with Gasteiger partial charge in [-0.05, 0) is 48.2 Å². The van der Waals surface area contributed by atoms with Crippen molar-refractivity contribution in [3.05, 3.63) is 94.8 Å². The van der Waals surface area contributed by atoms with E-state index in [0.717, 1.165) is 28.8 Å². The zero-order chi connectivity index (χ0) is 21.2. The summed E-state index contributed by atoms with van der Waals surface area (Å²) in [7, 11) is 0. The largest absolute Gasteiger partial charge is 0.433 e. The van der Waals surface area contributed by atoms with Crippen molar-refractivity contribution in [3.8, 4) is 11.1 Å². The molecule has 0 unspecified atom stereocenters. The number of nitrogens with zero attached hydrogens (tertiary/aromatic N) is 1. The van der Waals surface area contributed by atoms with Gasteiger partial charge in [0.2, 0.25) is 0 Å². The van der Waals surface area contributed by atoms with Gasteiger partial charge < -0.3 is 0 Å². The molecule has 6 heteroatoms. The van der Waals surface area contributed by atoms with E-state index in [2.05, 4.69) is 4.98 Å². The number of pyridine rings is 1. The summed E-state index contributed by atoms with van der Waals surface area (Å²) in [5.41, 5.74) is 2.79. The van der Waals surface area contributed by atoms with Gasteiger partial charge in [-0.3, -0.25) is 4.98 Å². The van der Waals surface area contributed by atoms with E-state index >= 15 is 0 Å². The average molecular weight is 403 g/mol. The average Bonchev–Trinajstić information content (AvgIpc) is 2.69. The quantitative estimate of drug-likeness (QED) is 0.428. The predicted molar refractivity (Wildman–Crippen MR) is 103 cm³/mol. The molecule has 0 N–H and O–H groups in total. The van der Waals surface area contributed by atoms with E-state index in [9.17, 15) is 22.0 Å². The topological polar surface area (TPSA) is 12.9 Å². The molecule has 0 fully saturated rings. The highest BCUT2D eigenvalue weighted by Crippen LogP contribution is 2.34. The van der Waals surface area contributed by atoms with Crippen LogP contribution in [0, 0.1) is 18.6 Å². The van der Waals surface area contributed by atoms with Crippen LogP contribution in [0.5, 0.6) is 0 Å². The summed E-state index contributed by atoms with van der Waals surface area (Å²) >= 11 is 0. The van der Waals surface area contributed by atoms with Crippen LogP contribution in [0.2, 0.25) is 0 Å². The Labute approximate surface area is 165 Å². The van der Waals surface area contributed by atoms with Crippen molar-refractivity contribution in [1.29, 1.82) is 0 Å². The van der Waals surface area contributed by atoms with Crippen LogP contribution in [0.3, 0.4) is 0 Å². The third-order valence-electron chi connectivity index (χ3n) is 4.65. The molecule has 0 bridgehead atoms. The minimum atomic E-state index is -4.52. The second-order valence-electron chi connectivity index (χ2n) is 6.68. The zero-order valence-electron chi connectivity index (χ0n) is 15.8. The number of hydrogen-bond donors (Lipinski definition) is 0. The number of aryl methyl sites for hydroxylation is 1. The first kappa shape index (κ1) is 20.7.